The lowest BCUT2D eigenvalue weighted by Gasteiger charge is -2.35. The van der Waals surface area contributed by atoms with E-state index in [1.165, 1.54) is 55.2 Å². The molecule has 3 atom stereocenters. The second-order valence-electron chi connectivity index (χ2n) is 14.6. The predicted octanol–water partition coefficient (Wildman–Crippen LogP) is 10.1. The van der Waals surface area contributed by atoms with Crippen molar-refractivity contribution >= 4 is 37.8 Å². The molecule has 0 spiro atoms. The first kappa shape index (κ1) is 37.2. The Kier molecular flexibility index (Phi) is 12.9. The van der Waals surface area contributed by atoms with Crippen LogP contribution in [0.1, 0.15) is 131 Å². The van der Waals surface area contributed by atoms with Gasteiger partial charge >= 0.3 is 0 Å². The molecule has 0 saturated heterocycles. The van der Waals surface area contributed by atoms with E-state index in [0.29, 0.717) is 15.3 Å². The van der Waals surface area contributed by atoms with E-state index in [4.69, 9.17) is 4.43 Å². The average molecular weight is 674 g/mol. The Balaban J connectivity index is 1.43. The molecule has 0 aromatic heterocycles. The highest BCUT2D eigenvalue weighted by atomic mass is 28.2. The summed E-state index contributed by atoms with van der Waals surface area (Å²) in [5.41, 5.74) is 4.17. The fourth-order valence-electron chi connectivity index (χ4n) is 6.73. The minimum atomic E-state index is -0.703. The number of hydrogen-bond donors (Lipinski definition) is 1. The number of nitrogens with one attached hydrogen (secondary N) is 1. The number of hydrogen-bond acceptors (Lipinski definition) is 6. The molecule has 1 aliphatic carbocycles. The van der Waals surface area contributed by atoms with E-state index in [2.05, 4.69) is 71.1 Å². The Hall–Kier alpha value is -3.63. The number of nitrogens with zero attached hydrogens (tertiary/aromatic N) is 2. The molecule has 1 aliphatic rings. The normalized spacial score (nSPS) is 16.8. The number of benzene rings is 3. The summed E-state index contributed by atoms with van der Waals surface area (Å²) in [5, 5.41) is 28.5. The first-order chi connectivity index (χ1) is 22.7. The van der Waals surface area contributed by atoms with Crippen LogP contribution in [0.2, 0.25) is 5.54 Å². The van der Waals surface area contributed by atoms with Crippen LogP contribution in [0.4, 0.5) is 11.4 Å². The van der Waals surface area contributed by atoms with Crippen molar-refractivity contribution in [1.29, 1.82) is 0 Å². The molecule has 9 nitrogen and oxygen atoms in total. The van der Waals surface area contributed by atoms with Crippen molar-refractivity contribution in [2.24, 2.45) is 5.92 Å². The molecule has 0 saturated carbocycles. The van der Waals surface area contributed by atoms with Crippen LogP contribution in [0.15, 0.2) is 42.5 Å². The standard InChI is InChI=1S/C38H51N3O6Si/c1-25-20-30-19-17-28-16-18-29(15-13-11-9-7-8-10-12-14-27(3)48-47-38(4,5)6)36(35(28)34(30)21-26(25)2)39-37(42)31-22-32(40(43)44)24-33(23-31)41(45)46/h17,19-24,27,29,36H,7-16,18H2,1-6H3,(H,39,42). The van der Waals surface area contributed by atoms with Crippen LogP contribution in [0.3, 0.4) is 0 Å². The molecule has 10 heteroatoms. The third-order valence-corrected chi connectivity index (χ3v) is 10.9. The topological polar surface area (TPSA) is 125 Å². The highest BCUT2D eigenvalue weighted by molar-refractivity contribution is 6.29. The molecule has 0 heterocycles. The lowest BCUT2D eigenvalue weighted by molar-refractivity contribution is -0.394. The van der Waals surface area contributed by atoms with Crippen molar-refractivity contribution in [1.82, 2.24) is 5.32 Å². The van der Waals surface area contributed by atoms with E-state index in [1.54, 1.807) is 0 Å². The number of nitro benzene ring substituents is 2. The van der Waals surface area contributed by atoms with Crippen LogP contribution in [-0.4, -0.2) is 31.1 Å². The summed E-state index contributed by atoms with van der Waals surface area (Å²) < 4.78 is 5.95. The van der Waals surface area contributed by atoms with Gasteiger partial charge in [0.2, 0.25) is 9.76 Å². The Morgan fingerprint density at radius 3 is 2.15 bits per heavy atom. The highest BCUT2D eigenvalue weighted by Crippen LogP contribution is 2.42. The largest absolute Gasteiger partial charge is 0.413 e. The third kappa shape index (κ3) is 10.2. The zero-order valence-corrected chi connectivity index (χ0v) is 30.4. The van der Waals surface area contributed by atoms with Crippen LogP contribution < -0.4 is 5.32 Å². The molecule has 48 heavy (non-hydrogen) atoms. The van der Waals surface area contributed by atoms with Gasteiger partial charge in [-0.15, -0.1) is 0 Å². The molecule has 3 aromatic carbocycles. The molecule has 4 rings (SSSR count). The van der Waals surface area contributed by atoms with Crippen LogP contribution in [0.5, 0.6) is 0 Å². The molecular weight excluding hydrogens is 623 g/mol. The smallest absolute Gasteiger partial charge is 0.277 e. The minimum Gasteiger partial charge on any atom is -0.413 e. The van der Waals surface area contributed by atoms with E-state index in [-0.39, 0.29) is 23.1 Å². The first-order valence-electron chi connectivity index (χ1n) is 17.4. The zero-order chi connectivity index (χ0) is 35.0. The number of aryl methyl sites for hydroxylation is 3. The van der Waals surface area contributed by atoms with E-state index in [1.807, 2.05) is 0 Å². The van der Waals surface area contributed by atoms with Gasteiger partial charge in [0.25, 0.3) is 17.3 Å². The zero-order valence-electron chi connectivity index (χ0n) is 29.4. The van der Waals surface area contributed by atoms with Crippen LogP contribution >= 0.6 is 0 Å². The lowest BCUT2D eigenvalue weighted by Crippen LogP contribution is -2.36. The number of fused-ring (bicyclic) bond motifs is 3. The molecule has 1 N–H and O–H groups in total. The molecule has 2 radical (unpaired) electrons. The predicted molar refractivity (Wildman–Crippen MR) is 193 cm³/mol. The van der Waals surface area contributed by atoms with Crippen molar-refractivity contribution in [2.45, 2.75) is 129 Å². The number of amides is 1. The van der Waals surface area contributed by atoms with Gasteiger partial charge in [-0.2, -0.15) is 0 Å². The number of unbranched alkanes of at least 4 members (excludes halogenated alkanes) is 6. The summed E-state index contributed by atoms with van der Waals surface area (Å²) in [4.78, 5) is 35.4. The van der Waals surface area contributed by atoms with Gasteiger partial charge in [0.15, 0.2) is 0 Å². The van der Waals surface area contributed by atoms with Crippen molar-refractivity contribution < 1.29 is 19.1 Å². The average Bonchev–Trinajstić information content (AvgIpc) is 3.03. The molecular formula is C38H51N3O6Si. The van der Waals surface area contributed by atoms with Crippen molar-refractivity contribution in [2.75, 3.05) is 0 Å². The molecule has 258 valence electrons. The van der Waals surface area contributed by atoms with Crippen molar-refractivity contribution in [3.8, 4) is 0 Å². The van der Waals surface area contributed by atoms with Gasteiger partial charge in [0.1, 0.15) is 0 Å². The number of rotatable bonds is 16. The summed E-state index contributed by atoms with van der Waals surface area (Å²) in [6, 6.07) is 11.5. The fraction of sp³-hybridized carbons (Fsp3) is 0.553. The summed E-state index contributed by atoms with van der Waals surface area (Å²) in [5.74, 6) is -0.356. The lowest BCUT2D eigenvalue weighted by atomic mass is 9.75. The van der Waals surface area contributed by atoms with Gasteiger partial charge < -0.3 is 9.74 Å². The highest BCUT2D eigenvalue weighted by Gasteiger charge is 2.33. The Labute approximate surface area is 287 Å². The first-order valence-corrected chi connectivity index (χ1v) is 18.4. The Morgan fingerprint density at radius 2 is 1.52 bits per heavy atom. The van der Waals surface area contributed by atoms with E-state index < -0.39 is 27.1 Å². The van der Waals surface area contributed by atoms with E-state index in [0.717, 1.165) is 66.6 Å². The monoisotopic (exact) mass is 673 g/mol. The second kappa shape index (κ2) is 16.7. The summed E-state index contributed by atoms with van der Waals surface area (Å²) in [6.07, 6.45) is 12.3. The van der Waals surface area contributed by atoms with Gasteiger partial charge in [0.05, 0.1) is 27.5 Å². The molecule has 3 aromatic rings. The summed E-state index contributed by atoms with van der Waals surface area (Å²) >= 11 is 0. The number of nitro groups is 2. The molecule has 1 amide bonds. The molecule has 0 aliphatic heterocycles. The number of carbonyl (C=O) groups excluding carboxylic acids is 1. The third-order valence-electron chi connectivity index (χ3n) is 9.48. The molecule has 0 bridgehead atoms. The number of non-ortho nitro benzene ring substituents is 2. The van der Waals surface area contributed by atoms with Crippen LogP contribution in [0.25, 0.3) is 10.8 Å². The van der Waals surface area contributed by atoms with Gasteiger partial charge in [-0.25, -0.2) is 0 Å². The summed E-state index contributed by atoms with van der Waals surface area (Å²) in [6.45, 7) is 12.8. The van der Waals surface area contributed by atoms with Gasteiger partial charge in [-0.05, 0) is 98.4 Å². The maximum atomic E-state index is 13.7. The maximum absolute atomic E-state index is 13.7. The Bertz CT molecular complexity index is 1590. The van der Waals surface area contributed by atoms with Crippen molar-refractivity contribution in [3.63, 3.8) is 0 Å². The van der Waals surface area contributed by atoms with Gasteiger partial charge in [-0.1, -0.05) is 82.6 Å². The minimum absolute atomic E-state index is 0.0699. The Morgan fingerprint density at radius 1 is 0.917 bits per heavy atom. The number of carbonyl (C=O) groups is 1. The van der Waals surface area contributed by atoms with Gasteiger partial charge in [0, 0.05) is 17.7 Å². The van der Waals surface area contributed by atoms with Gasteiger partial charge in [-0.3, -0.25) is 25.0 Å². The summed E-state index contributed by atoms with van der Waals surface area (Å²) in [7, 11) is 0.557. The SMILES string of the molecule is Cc1cc2ccc3c(c2cc1C)C(NC(=O)c1cc([N+](=O)[O-])cc([N+](=O)[O-])c1)C(CCCCCCCCCC(C)[Si]OC(C)(C)C)CC3. The fourth-order valence-corrected chi connectivity index (χ4v) is 7.61. The maximum Gasteiger partial charge on any atom is 0.277 e. The van der Waals surface area contributed by atoms with Crippen molar-refractivity contribution in [3.05, 3.63) is 90.5 Å². The second-order valence-corrected chi connectivity index (χ2v) is 16.0. The molecule has 0 fully saturated rings. The van der Waals surface area contributed by atoms with Crippen LogP contribution in [-0.2, 0) is 10.8 Å². The molecule has 3 unspecified atom stereocenters. The quantitative estimate of drug-likeness (QED) is 0.0698. The van der Waals surface area contributed by atoms with E-state index >= 15 is 0 Å². The van der Waals surface area contributed by atoms with E-state index in [9.17, 15) is 25.0 Å². The van der Waals surface area contributed by atoms with Crippen LogP contribution in [0, 0.1) is 40.0 Å².